The van der Waals surface area contributed by atoms with Crippen LogP contribution in [0.25, 0.3) is 0 Å². The number of thioether (sulfide) groups is 1. The van der Waals surface area contributed by atoms with Gasteiger partial charge in [-0.3, -0.25) is 0 Å². The zero-order valence-corrected chi connectivity index (χ0v) is 9.76. The van der Waals surface area contributed by atoms with Crippen LogP contribution in [0.5, 0.6) is 0 Å². The fourth-order valence-electron chi connectivity index (χ4n) is 1.66. The summed E-state index contributed by atoms with van der Waals surface area (Å²) in [5, 5.41) is 10.0. The van der Waals surface area contributed by atoms with Crippen molar-refractivity contribution in [2.75, 3.05) is 5.75 Å². The summed E-state index contributed by atoms with van der Waals surface area (Å²) in [6.07, 6.45) is 1.36. The van der Waals surface area contributed by atoms with E-state index in [9.17, 15) is 5.11 Å². The molecule has 0 spiro atoms. The van der Waals surface area contributed by atoms with Crippen LogP contribution in [0.1, 0.15) is 31.4 Å². The van der Waals surface area contributed by atoms with Gasteiger partial charge in [0.2, 0.25) is 0 Å². The molecule has 3 N–H and O–H groups in total. The van der Waals surface area contributed by atoms with E-state index < -0.39 is 6.10 Å². The SMILES string of the molecule is CCSc1ccc(C(O)C2(N)CC2)cc1. The minimum atomic E-state index is -0.502. The molecular weight excluding hydrogens is 206 g/mol. The minimum absolute atomic E-state index is 0.348. The van der Waals surface area contributed by atoms with Gasteiger partial charge in [0.05, 0.1) is 6.10 Å². The molecule has 1 saturated carbocycles. The largest absolute Gasteiger partial charge is 0.386 e. The van der Waals surface area contributed by atoms with Crippen molar-refractivity contribution < 1.29 is 5.11 Å². The van der Waals surface area contributed by atoms with Crippen molar-refractivity contribution >= 4 is 11.8 Å². The van der Waals surface area contributed by atoms with Crippen LogP contribution in [0, 0.1) is 0 Å². The van der Waals surface area contributed by atoms with E-state index in [-0.39, 0.29) is 5.54 Å². The van der Waals surface area contributed by atoms with Gasteiger partial charge in [0.25, 0.3) is 0 Å². The fourth-order valence-corrected chi connectivity index (χ4v) is 2.32. The summed E-state index contributed by atoms with van der Waals surface area (Å²) in [5.74, 6) is 1.07. The summed E-state index contributed by atoms with van der Waals surface area (Å²) in [5.41, 5.74) is 6.56. The maximum Gasteiger partial charge on any atom is 0.0969 e. The van der Waals surface area contributed by atoms with E-state index in [2.05, 4.69) is 19.1 Å². The van der Waals surface area contributed by atoms with Crippen LogP contribution in [-0.2, 0) is 0 Å². The first-order valence-corrected chi connectivity index (χ1v) is 6.34. The molecule has 1 unspecified atom stereocenters. The van der Waals surface area contributed by atoms with Gasteiger partial charge in [0, 0.05) is 10.4 Å². The lowest BCUT2D eigenvalue weighted by Crippen LogP contribution is -2.30. The molecule has 0 radical (unpaired) electrons. The Morgan fingerprint density at radius 3 is 2.47 bits per heavy atom. The second kappa shape index (κ2) is 4.16. The highest BCUT2D eigenvalue weighted by atomic mass is 32.2. The first kappa shape index (κ1) is 11.0. The van der Waals surface area contributed by atoms with Crippen molar-refractivity contribution in [1.29, 1.82) is 0 Å². The molecular formula is C12H17NOS. The van der Waals surface area contributed by atoms with Crippen molar-refractivity contribution in [1.82, 2.24) is 0 Å². The molecule has 1 aromatic rings. The first-order chi connectivity index (χ1) is 7.15. The van der Waals surface area contributed by atoms with Gasteiger partial charge in [0.15, 0.2) is 0 Å². The standard InChI is InChI=1S/C12H17NOS/c1-2-15-10-5-3-9(4-6-10)11(14)12(13)7-8-12/h3-6,11,14H,2,7-8,13H2,1H3. The predicted octanol–water partition coefficient (Wildman–Crippen LogP) is 2.32. The zero-order valence-electron chi connectivity index (χ0n) is 8.94. The van der Waals surface area contributed by atoms with Gasteiger partial charge < -0.3 is 10.8 Å². The Bertz CT molecular complexity index is 332. The number of rotatable bonds is 4. The molecule has 1 atom stereocenters. The van der Waals surface area contributed by atoms with Crippen LogP contribution in [0.4, 0.5) is 0 Å². The third-order valence-electron chi connectivity index (χ3n) is 2.88. The molecule has 2 rings (SSSR count). The lowest BCUT2D eigenvalue weighted by molar-refractivity contribution is 0.136. The Morgan fingerprint density at radius 2 is 2.00 bits per heavy atom. The average molecular weight is 223 g/mol. The summed E-state index contributed by atoms with van der Waals surface area (Å²) in [4.78, 5) is 1.25. The van der Waals surface area contributed by atoms with Gasteiger partial charge in [-0.2, -0.15) is 0 Å². The van der Waals surface area contributed by atoms with E-state index in [4.69, 9.17) is 5.73 Å². The van der Waals surface area contributed by atoms with Gasteiger partial charge in [-0.15, -0.1) is 11.8 Å². The Labute approximate surface area is 94.9 Å². The molecule has 0 aromatic heterocycles. The third-order valence-corrected chi connectivity index (χ3v) is 3.77. The summed E-state index contributed by atoms with van der Waals surface area (Å²) in [6.45, 7) is 2.13. The quantitative estimate of drug-likeness (QED) is 0.770. The van der Waals surface area contributed by atoms with Crippen molar-refractivity contribution in [3.63, 3.8) is 0 Å². The molecule has 1 aromatic carbocycles. The lowest BCUT2D eigenvalue weighted by atomic mass is 10.0. The number of nitrogens with two attached hydrogens (primary N) is 1. The highest BCUT2D eigenvalue weighted by Crippen LogP contribution is 2.43. The van der Waals surface area contributed by atoms with Crippen LogP contribution < -0.4 is 5.73 Å². The van der Waals surface area contributed by atoms with Crippen LogP contribution >= 0.6 is 11.8 Å². The molecule has 0 amide bonds. The van der Waals surface area contributed by atoms with Crippen molar-refractivity contribution in [2.24, 2.45) is 5.73 Å². The van der Waals surface area contributed by atoms with Crippen LogP contribution in [0.2, 0.25) is 0 Å². The van der Waals surface area contributed by atoms with E-state index in [0.29, 0.717) is 0 Å². The highest BCUT2D eigenvalue weighted by molar-refractivity contribution is 7.99. The summed E-state index contributed by atoms with van der Waals surface area (Å²) < 4.78 is 0. The summed E-state index contributed by atoms with van der Waals surface area (Å²) in [7, 11) is 0. The molecule has 82 valence electrons. The van der Waals surface area contributed by atoms with Gasteiger partial charge in [-0.05, 0) is 36.3 Å². The number of hydrogen-bond donors (Lipinski definition) is 2. The second-order valence-electron chi connectivity index (χ2n) is 4.14. The molecule has 2 nitrogen and oxygen atoms in total. The fraction of sp³-hybridized carbons (Fsp3) is 0.500. The Kier molecular flexibility index (Phi) is 3.05. The Hall–Kier alpha value is -0.510. The van der Waals surface area contributed by atoms with Gasteiger partial charge in [0.1, 0.15) is 0 Å². The highest BCUT2D eigenvalue weighted by Gasteiger charge is 2.45. The lowest BCUT2D eigenvalue weighted by Gasteiger charge is -2.18. The number of aliphatic hydroxyl groups excluding tert-OH is 1. The van der Waals surface area contributed by atoms with Crippen LogP contribution in [-0.4, -0.2) is 16.4 Å². The second-order valence-corrected chi connectivity index (χ2v) is 5.48. The van der Waals surface area contributed by atoms with Crippen LogP contribution in [0.3, 0.4) is 0 Å². The normalized spacial score (nSPS) is 19.9. The van der Waals surface area contributed by atoms with E-state index in [1.165, 1.54) is 4.90 Å². The molecule has 1 aliphatic carbocycles. The molecule has 15 heavy (non-hydrogen) atoms. The number of hydrogen-bond acceptors (Lipinski definition) is 3. The van der Waals surface area contributed by atoms with E-state index in [0.717, 1.165) is 24.2 Å². The number of aliphatic hydroxyl groups is 1. The third kappa shape index (κ3) is 2.36. The summed E-state index contributed by atoms with van der Waals surface area (Å²) in [6, 6.07) is 8.07. The molecule has 1 fully saturated rings. The first-order valence-electron chi connectivity index (χ1n) is 5.35. The van der Waals surface area contributed by atoms with Crippen molar-refractivity contribution in [3.05, 3.63) is 29.8 Å². The summed E-state index contributed by atoms with van der Waals surface area (Å²) >= 11 is 1.81. The van der Waals surface area contributed by atoms with Gasteiger partial charge in [-0.25, -0.2) is 0 Å². The zero-order chi connectivity index (χ0) is 10.9. The Morgan fingerprint density at radius 1 is 1.40 bits per heavy atom. The van der Waals surface area contributed by atoms with E-state index in [1.54, 1.807) is 11.8 Å². The molecule has 0 heterocycles. The predicted molar refractivity (Wildman–Crippen MR) is 64.0 cm³/mol. The van der Waals surface area contributed by atoms with E-state index in [1.807, 2.05) is 12.1 Å². The Balaban J connectivity index is 2.09. The maximum absolute atomic E-state index is 10.0. The van der Waals surface area contributed by atoms with Gasteiger partial charge in [-0.1, -0.05) is 19.1 Å². The van der Waals surface area contributed by atoms with Gasteiger partial charge >= 0.3 is 0 Å². The average Bonchev–Trinajstić information content (AvgIpc) is 2.99. The molecule has 0 bridgehead atoms. The van der Waals surface area contributed by atoms with Crippen LogP contribution in [0.15, 0.2) is 29.2 Å². The molecule has 3 heteroatoms. The smallest absolute Gasteiger partial charge is 0.0969 e. The maximum atomic E-state index is 10.0. The molecule has 0 saturated heterocycles. The van der Waals surface area contributed by atoms with Crippen molar-refractivity contribution in [3.8, 4) is 0 Å². The van der Waals surface area contributed by atoms with Crippen molar-refractivity contribution in [2.45, 2.75) is 36.3 Å². The topological polar surface area (TPSA) is 46.2 Å². The number of benzene rings is 1. The molecule has 0 aliphatic heterocycles. The molecule has 1 aliphatic rings. The monoisotopic (exact) mass is 223 g/mol. The van der Waals surface area contributed by atoms with E-state index >= 15 is 0 Å². The minimum Gasteiger partial charge on any atom is -0.386 e.